The van der Waals surface area contributed by atoms with E-state index < -0.39 is 6.04 Å². The summed E-state index contributed by atoms with van der Waals surface area (Å²) in [4.78, 5) is 26.7. The number of hydrogen-bond donors (Lipinski definition) is 1. The summed E-state index contributed by atoms with van der Waals surface area (Å²) in [6.07, 6.45) is 0. The maximum absolute atomic E-state index is 13.0. The summed E-state index contributed by atoms with van der Waals surface area (Å²) in [6, 6.07) is 14.5. The fourth-order valence-electron chi connectivity index (χ4n) is 3.07. The Bertz CT molecular complexity index is 835. The molecule has 0 heterocycles. The Kier molecular flexibility index (Phi) is 8.07. The van der Waals surface area contributed by atoms with Crippen molar-refractivity contribution in [3.8, 4) is 11.5 Å². The highest BCUT2D eigenvalue weighted by Gasteiger charge is 2.26. The molecule has 0 aliphatic heterocycles. The minimum atomic E-state index is -0.636. The monoisotopic (exact) mass is 398 g/mol. The number of carbonyl (C=O) groups excluding carboxylic acids is 2. The number of para-hydroxylation sites is 1. The number of rotatable bonds is 9. The van der Waals surface area contributed by atoms with Crippen LogP contribution in [0.15, 0.2) is 48.5 Å². The van der Waals surface area contributed by atoms with Gasteiger partial charge in [-0.3, -0.25) is 9.59 Å². The lowest BCUT2D eigenvalue weighted by Crippen LogP contribution is -2.48. The van der Waals surface area contributed by atoms with Crippen LogP contribution in [0, 0.1) is 0 Å². The van der Waals surface area contributed by atoms with E-state index >= 15 is 0 Å². The number of nitrogens with zero attached hydrogens (tertiary/aromatic N) is 1. The maximum Gasteiger partial charge on any atom is 0.261 e. The molecule has 0 radical (unpaired) electrons. The SMILES string of the molecule is CNC(=O)C(C)N(Cc1cccc(OC)c1)C(=O)COc1ccccc1C(C)C. The summed E-state index contributed by atoms with van der Waals surface area (Å²) in [6.45, 7) is 5.99. The second kappa shape index (κ2) is 10.5. The van der Waals surface area contributed by atoms with E-state index in [9.17, 15) is 9.59 Å². The highest BCUT2D eigenvalue weighted by Crippen LogP contribution is 2.26. The van der Waals surface area contributed by atoms with Crippen molar-refractivity contribution in [3.05, 3.63) is 59.7 Å². The van der Waals surface area contributed by atoms with Crippen molar-refractivity contribution in [3.63, 3.8) is 0 Å². The average Bonchev–Trinajstić information content (AvgIpc) is 2.74. The molecular weight excluding hydrogens is 368 g/mol. The molecule has 2 amide bonds. The molecule has 0 spiro atoms. The minimum absolute atomic E-state index is 0.144. The van der Waals surface area contributed by atoms with Crippen molar-refractivity contribution in [2.75, 3.05) is 20.8 Å². The summed E-state index contributed by atoms with van der Waals surface area (Å²) in [5, 5.41) is 2.61. The molecule has 0 saturated heterocycles. The predicted octanol–water partition coefficient (Wildman–Crippen LogP) is 3.36. The first kappa shape index (κ1) is 22.3. The molecule has 0 aromatic heterocycles. The summed E-state index contributed by atoms with van der Waals surface area (Å²) in [5.41, 5.74) is 1.91. The molecule has 1 atom stereocenters. The van der Waals surface area contributed by atoms with Crippen LogP contribution in [0.1, 0.15) is 37.8 Å². The van der Waals surface area contributed by atoms with E-state index in [-0.39, 0.29) is 30.9 Å². The van der Waals surface area contributed by atoms with Crippen LogP contribution >= 0.6 is 0 Å². The van der Waals surface area contributed by atoms with E-state index in [1.165, 1.54) is 4.90 Å². The summed E-state index contributed by atoms with van der Waals surface area (Å²) < 4.78 is 11.1. The van der Waals surface area contributed by atoms with E-state index in [2.05, 4.69) is 19.2 Å². The van der Waals surface area contributed by atoms with E-state index in [0.29, 0.717) is 11.5 Å². The Morgan fingerprint density at radius 1 is 1.07 bits per heavy atom. The van der Waals surface area contributed by atoms with Crippen LogP contribution in [0.2, 0.25) is 0 Å². The number of hydrogen-bond acceptors (Lipinski definition) is 4. The molecule has 1 unspecified atom stereocenters. The molecule has 0 aliphatic rings. The van der Waals surface area contributed by atoms with Crippen LogP contribution in [0.5, 0.6) is 11.5 Å². The smallest absolute Gasteiger partial charge is 0.261 e. The van der Waals surface area contributed by atoms with Crippen LogP contribution in [0.4, 0.5) is 0 Å². The number of carbonyl (C=O) groups is 2. The average molecular weight is 399 g/mol. The van der Waals surface area contributed by atoms with Gasteiger partial charge in [-0.05, 0) is 42.2 Å². The maximum atomic E-state index is 13.0. The van der Waals surface area contributed by atoms with Gasteiger partial charge in [0.05, 0.1) is 7.11 Å². The van der Waals surface area contributed by atoms with Crippen LogP contribution in [0.3, 0.4) is 0 Å². The van der Waals surface area contributed by atoms with E-state index in [4.69, 9.17) is 9.47 Å². The largest absolute Gasteiger partial charge is 0.497 e. The van der Waals surface area contributed by atoms with Gasteiger partial charge in [0.15, 0.2) is 6.61 Å². The molecule has 0 fully saturated rings. The van der Waals surface area contributed by atoms with Crippen molar-refractivity contribution in [1.82, 2.24) is 10.2 Å². The van der Waals surface area contributed by atoms with E-state index in [1.807, 2.05) is 48.5 Å². The third-order valence-corrected chi connectivity index (χ3v) is 4.79. The second-order valence-corrected chi connectivity index (χ2v) is 7.14. The highest BCUT2D eigenvalue weighted by molar-refractivity contribution is 5.87. The lowest BCUT2D eigenvalue weighted by Gasteiger charge is -2.28. The van der Waals surface area contributed by atoms with Crippen molar-refractivity contribution in [2.24, 2.45) is 0 Å². The van der Waals surface area contributed by atoms with Gasteiger partial charge in [-0.2, -0.15) is 0 Å². The molecule has 0 bridgehead atoms. The number of methoxy groups -OCH3 is 1. The first-order valence-corrected chi connectivity index (χ1v) is 9.73. The normalized spacial score (nSPS) is 11.7. The van der Waals surface area contributed by atoms with Gasteiger partial charge in [-0.25, -0.2) is 0 Å². The van der Waals surface area contributed by atoms with Gasteiger partial charge < -0.3 is 19.7 Å². The van der Waals surface area contributed by atoms with E-state index in [1.54, 1.807) is 21.1 Å². The standard InChI is InChI=1S/C23H30N2O4/c1-16(2)20-11-6-7-12-21(20)29-15-22(26)25(17(3)23(27)24-4)14-18-9-8-10-19(13-18)28-5/h6-13,16-17H,14-15H2,1-5H3,(H,24,27). The van der Waals surface area contributed by atoms with Crippen molar-refractivity contribution < 1.29 is 19.1 Å². The lowest BCUT2D eigenvalue weighted by atomic mass is 10.0. The summed E-state index contributed by atoms with van der Waals surface area (Å²) in [5.74, 6) is 1.17. The lowest BCUT2D eigenvalue weighted by molar-refractivity contribution is -0.142. The minimum Gasteiger partial charge on any atom is -0.497 e. The second-order valence-electron chi connectivity index (χ2n) is 7.14. The Hall–Kier alpha value is -3.02. The summed E-state index contributed by atoms with van der Waals surface area (Å²) >= 11 is 0. The van der Waals surface area contributed by atoms with Crippen molar-refractivity contribution in [2.45, 2.75) is 39.3 Å². The zero-order valence-electron chi connectivity index (χ0n) is 17.8. The molecule has 6 nitrogen and oxygen atoms in total. The molecule has 29 heavy (non-hydrogen) atoms. The van der Waals surface area contributed by atoms with Crippen molar-refractivity contribution >= 4 is 11.8 Å². The van der Waals surface area contributed by atoms with Gasteiger partial charge in [0.1, 0.15) is 17.5 Å². The number of likely N-dealkylation sites (N-methyl/N-ethyl adjacent to an activating group) is 1. The van der Waals surface area contributed by atoms with Gasteiger partial charge in [0.25, 0.3) is 5.91 Å². The first-order valence-electron chi connectivity index (χ1n) is 9.73. The van der Waals surface area contributed by atoms with Gasteiger partial charge in [0, 0.05) is 13.6 Å². The fraction of sp³-hybridized carbons (Fsp3) is 0.391. The summed E-state index contributed by atoms with van der Waals surface area (Å²) in [7, 11) is 3.15. The molecule has 0 saturated carbocycles. The van der Waals surface area contributed by atoms with Gasteiger partial charge in [0.2, 0.25) is 5.91 Å². The third kappa shape index (κ3) is 5.98. The zero-order chi connectivity index (χ0) is 21.4. The molecule has 1 N–H and O–H groups in total. The number of amides is 2. The molecule has 0 aliphatic carbocycles. The number of nitrogens with one attached hydrogen (secondary N) is 1. The predicted molar refractivity (Wildman–Crippen MR) is 113 cm³/mol. The van der Waals surface area contributed by atoms with Gasteiger partial charge in [-0.15, -0.1) is 0 Å². The third-order valence-electron chi connectivity index (χ3n) is 4.79. The molecule has 2 rings (SSSR count). The van der Waals surface area contributed by atoms with Gasteiger partial charge >= 0.3 is 0 Å². The van der Waals surface area contributed by atoms with Crippen LogP contribution in [-0.4, -0.2) is 43.5 Å². The number of benzene rings is 2. The molecule has 6 heteroatoms. The van der Waals surface area contributed by atoms with Crippen LogP contribution in [0.25, 0.3) is 0 Å². The fourth-order valence-corrected chi connectivity index (χ4v) is 3.07. The molecule has 2 aromatic carbocycles. The number of ether oxygens (including phenoxy) is 2. The Morgan fingerprint density at radius 2 is 1.79 bits per heavy atom. The molecule has 156 valence electrons. The Balaban J connectivity index is 2.19. The zero-order valence-corrected chi connectivity index (χ0v) is 17.8. The molecular formula is C23H30N2O4. The Morgan fingerprint density at radius 3 is 2.45 bits per heavy atom. The van der Waals surface area contributed by atoms with Gasteiger partial charge in [-0.1, -0.05) is 44.2 Å². The topological polar surface area (TPSA) is 67.9 Å². The van der Waals surface area contributed by atoms with E-state index in [0.717, 1.165) is 11.1 Å². The van der Waals surface area contributed by atoms with Crippen LogP contribution in [-0.2, 0) is 16.1 Å². The highest BCUT2D eigenvalue weighted by atomic mass is 16.5. The van der Waals surface area contributed by atoms with Crippen molar-refractivity contribution in [1.29, 1.82) is 0 Å². The molecule has 2 aromatic rings. The quantitative estimate of drug-likeness (QED) is 0.703. The first-order chi connectivity index (χ1) is 13.9. The Labute approximate surface area is 172 Å². The van der Waals surface area contributed by atoms with Crippen LogP contribution < -0.4 is 14.8 Å².